The average molecular weight is 269 g/mol. The summed E-state index contributed by atoms with van der Waals surface area (Å²) in [5, 5.41) is 7.19. The number of hydrogen-bond donors (Lipinski definition) is 3. The first-order valence-electron chi connectivity index (χ1n) is 5.76. The van der Waals surface area contributed by atoms with Crippen LogP contribution in [0, 0.1) is 11.3 Å². The van der Waals surface area contributed by atoms with Gasteiger partial charge in [0.2, 0.25) is 10.0 Å². The Bertz CT molecular complexity index is 485. The minimum Gasteiger partial charge on any atom is -0.387 e. The second-order valence-corrected chi connectivity index (χ2v) is 6.19. The van der Waals surface area contributed by atoms with E-state index in [1.54, 1.807) is 6.92 Å². The number of aryl methyl sites for hydroxylation is 1. The molecule has 1 rings (SSSR count). The summed E-state index contributed by atoms with van der Waals surface area (Å²) in [5.74, 6) is -0.251. The lowest BCUT2D eigenvalue weighted by Gasteiger charge is -2.11. The van der Waals surface area contributed by atoms with E-state index < -0.39 is 10.0 Å². The molecule has 0 heterocycles. The number of rotatable bonds is 7. The van der Waals surface area contributed by atoms with Crippen LogP contribution in [0.15, 0.2) is 30.3 Å². The highest BCUT2D eigenvalue weighted by Gasteiger charge is 2.13. The summed E-state index contributed by atoms with van der Waals surface area (Å²) < 4.78 is 25.9. The maximum Gasteiger partial charge on any atom is 0.211 e. The van der Waals surface area contributed by atoms with Crippen molar-refractivity contribution in [2.24, 2.45) is 11.7 Å². The minimum atomic E-state index is -3.31. The number of benzene rings is 1. The maximum atomic E-state index is 11.7. The topological polar surface area (TPSA) is 96.0 Å². The van der Waals surface area contributed by atoms with Crippen LogP contribution >= 0.6 is 0 Å². The van der Waals surface area contributed by atoms with E-state index in [-0.39, 0.29) is 24.1 Å². The Labute approximate surface area is 108 Å². The van der Waals surface area contributed by atoms with Crippen molar-refractivity contribution >= 4 is 15.9 Å². The second kappa shape index (κ2) is 6.51. The van der Waals surface area contributed by atoms with Gasteiger partial charge < -0.3 is 5.73 Å². The van der Waals surface area contributed by atoms with E-state index >= 15 is 0 Å². The van der Waals surface area contributed by atoms with Gasteiger partial charge in [0.25, 0.3) is 0 Å². The SMILES string of the molecule is CC(CNS(=O)(=O)CCc1ccccc1)C(=N)N. The monoisotopic (exact) mass is 269 g/mol. The molecule has 18 heavy (non-hydrogen) atoms. The molecule has 0 spiro atoms. The number of hydrogen-bond acceptors (Lipinski definition) is 3. The zero-order valence-corrected chi connectivity index (χ0v) is 11.2. The van der Waals surface area contributed by atoms with Crippen LogP contribution in [0.4, 0.5) is 0 Å². The molecular weight excluding hydrogens is 250 g/mol. The highest BCUT2D eigenvalue weighted by atomic mass is 32.2. The normalized spacial score (nSPS) is 13.2. The van der Waals surface area contributed by atoms with Crippen molar-refractivity contribution in [1.29, 1.82) is 5.41 Å². The molecule has 6 heteroatoms. The Hall–Kier alpha value is -1.40. The van der Waals surface area contributed by atoms with Crippen LogP contribution in [-0.4, -0.2) is 26.6 Å². The largest absolute Gasteiger partial charge is 0.387 e. The highest BCUT2D eigenvalue weighted by molar-refractivity contribution is 7.89. The number of nitrogens with one attached hydrogen (secondary N) is 2. The van der Waals surface area contributed by atoms with E-state index in [1.165, 1.54) is 0 Å². The second-order valence-electron chi connectivity index (χ2n) is 4.26. The molecule has 0 fully saturated rings. The molecule has 1 aromatic rings. The molecule has 5 nitrogen and oxygen atoms in total. The fraction of sp³-hybridized carbons (Fsp3) is 0.417. The van der Waals surface area contributed by atoms with Crippen LogP contribution < -0.4 is 10.5 Å². The minimum absolute atomic E-state index is 0.0132. The quantitative estimate of drug-likeness (QED) is 0.502. The molecule has 0 bridgehead atoms. The summed E-state index contributed by atoms with van der Waals surface area (Å²) in [6.45, 7) is 1.88. The van der Waals surface area contributed by atoms with E-state index in [1.807, 2.05) is 30.3 Å². The van der Waals surface area contributed by atoms with Gasteiger partial charge in [0.05, 0.1) is 11.6 Å². The summed E-state index contributed by atoms with van der Waals surface area (Å²) in [4.78, 5) is 0. The third kappa shape index (κ3) is 5.29. The zero-order chi connectivity index (χ0) is 13.6. The molecule has 0 aromatic heterocycles. The Morgan fingerprint density at radius 3 is 2.56 bits per heavy atom. The molecule has 0 aliphatic carbocycles. The van der Waals surface area contributed by atoms with E-state index in [0.29, 0.717) is 6.42 Å². The predicted octanol–water partition coefficient (Wildman–Crippen LogP) is 0.721. The molecular formula is C12H19N3O2S. The average Bonchev–Trinajstić information content (AvgIpc) is 2.35. The third-order valence-corrected chi connectivity index (χ3v) is 3.99. The van der Waals surface area contributed by atoms with E-state index in [2.05, 4.69) is 4.72 Å². The summed E-state index contributed by atoms with van der Waals surface area (Å²) in [5.41, 5.74) is 6.27. The fourth-order valence-corrected chi connectivity index (χ4v) is 2.48. The van der Waals surface area contributed by atoms with Crippen molar-refractivity contribution in [1.82, 2.24) is 4.72 Å². The van der Waals surface area contributed by atoms with Gasteiger partial charge in [-0.05, 0) is 12.0 Å². The highest BCUT2D eigenvalue weighted by Crippen LogP contribution is 2.02. The molecule has 0 saturated heterocycles. The van der Waals surface area contributed by atoms with Crippen molar-refractivity contribution in [3.63, 3.8) is 0 Å². The van der Waals surface area contributed by atoms with Gasteiger partial charge in [0.15, 0.2) is 0 Å². The zero-order valence-electron chi connectivity index (χ0n) is 10.4. The Morgan fingerprint density at radius 1 is 1.39 bits per heavy atom. The third-order valence-electron chi connectivity index (χ3n) is 2.64. The maximum absolute atomic E-state index is 11.7. The van der Waals surface area contributed by atoms with E-state index in [0.717, 1.165) is 5.56 Å². The molecule has 1 aromatic carbocycles. The molecule has 0 aliphatic heterocycles. The fourth-order valence-electron chi connectivity index (χ4n) is 1.33. The van der Waals surface area contributed by atoms with Gasteiger partial charge in [0.1, 0.15) is 0 Å². The molecule has 100 valence electrons. The molecule has 0 amide bonds. The van der Waals surface area contributed by atoms with Crippen molar-refractivity contribution in [3.05, 3.63) is 35.9 Å². The van der Waals surface area contributed by atoms with Crippen molar-refractivity contribution in [2.45, 2.75) is 13.3 Å². The number of amidine groups is 1. The van der Waals surface area contributed by atoms with Crippen molar-refractivity contribution in [3.8, 4) is 0 Å². The summed E-state index contributed by atoms with van der Waals surface area (Å²) in [6.07, 6.45) is 0.477. The van der Waals surface area contributed by atoms with Crippen molar-refractivity contribution in [2.75, 3.05) is 12.3 Å². The van der Waals surface area contributed by atoms with Gasteiger partial charge in [-0.15, -0.1) is 0 Å². The van der Waals surface area contributed by atoms with Gasteiger partial charge in [-0.1, -0.05) is 37.3 Å². The first kappa shape index (κ1) is 14.7. The number of sulfonamides is 1. The van der Waals surface area contributed by atoms with Crippen LogP contribution in [0.3, 0.4) is 0 Å². The Kier molecular flexibility index (Phi) is 5.30. The summed E-state index contributed by atoms with van der Waals surface area (Å²) in [6, 6.07) is 9.45. The van der Waals surface area contributed by atoms with Crippen LogP contribution in [0.2, 0.25) is 0 Å². The lowest BCUT2D eigenvalue weighted by Crippen LogP contribution is -2.35. The van der Waals surface area contributed by atoms with Crippen molar-refractivity contribution < 1.29 is 8.42 Å². The molecule has 0 saturated carbocycles. The molecule has 0 aliphatic rings. The van der Waals surface area contributed by atoms with E-state index in [9.17, 15) is 8.42 Å². The lowest BCUT2D eigenvalue weighted by atomic mass is 10.2. The van der Waals surface area contributed by atoms with Crippen LogP contribution in [0.1, 0.15) is 12.5 Å². The first-order chi connectivity index (χ1) is 8.41. The van der Waals surface area contributed by atoms with E-state index in [4.69, 9.17) is 11.1 Å². The first-order valence-corrected chi connectivity index (χ1v) is 7.41. The van der Waals surface area contributed by atoms with Crippen LogP contribution in [-0.2, 0) is 16.4 Å². The standard InChI is InChI=1S/C12H19N3O2S/c1-10(12(13)14)9-15-18(16,17)8-7-11-5-3-2-4-6-11/h2-6,10,15H,7-9H2,1H3,(H3,13,14). The molecule has 0 radical (unpaired) electrons. The summed E-state index contributed by atoms with van der Waals surface area (Å²) >= 11 is 0. The van der Waals surface area contributed by atoms with Gasteiger partial charge >= 0.3 is 0 Å². The smallest absolute Gasteiger partial charge is 0.211 e. The van der Waals surface area contributed by atoms with Crippen LogP contribution in [0.5, 0.6) is 0 Å². The van der Waals surface area contributed by atoms with Gasteiger partial charge in [-0.2, -0.15) is 0 Å². The molecule has 4 N–H and O–H groups in total. The number of nitrogens with two attached hydrogens (primary N) is 1. The summed E-state index contributed by atoms with van der Waals surface area (Å²) in [7, 11) is -3.31. The van der Waals surface area contributed by atoms with Gasteiger partial charge in [-0.3, -0.25) is 5.41 Å². The predicted molar refractivity (Wildman–Crippen MR) is 73.0 cm³/mol. The molecule has 1 unspecified atom stereocenters. The van der Waals surface area contributed by atoms with Crippen LogP contribution in [0.25, 0.3) is 0 Å². The van der Waals surface area contributed by atoms with Gasteiger partial charge in [0, 0.05) is 12.5 Å². The lowest BCUT2D eigenvalue weighted by molar-refractivity contribution is 0.573. The van der Waals surface area contributed by atoms with Gasteiger partial charge in [-0.25, -0.2) is 13.1 Å². The molecule has 1 atom stereocenters. The Balaban J connectivity index is 2.43. The Morgan fingerprint density at radius 2 is 2.00 bits per heavy atom.